The minimum atomic E-state index is -0.159. The van der Waals surface area contributed by atoms with Gasteiger partial charge in [-0.2, -0.15) is 0 Å². The Morgan fingerprint density at radius 1 is 1.59 bits per heavy atom. The normalized spacial score (nSPS) is 23.8. The van der Waals surface area contributed by atoms with E-state index in [2.05, 4.69) is 30.7 Å². The molecule has 4 heteroatoms. The van der Waals surface area contributed by atoms with Crippen LogP contribution in [0.25, 0.3) is 0 Å². The third kappa shape index (κ3) is 2.76. The van der Waals surface area contributed by atoms with E-state index in [1.807, 2.05) is 6.07 Å². The van der Waals surface area contributed by atoms with Crippen LogP contribution in [0.1, 0.15) is 26.3 Å². The molecular weight excluding hydrogens is 216 g/mol. The molecule has 0 aliphatic carbocycles. The van der Waals surface area contributed by atoms with Gasteiger partial charge < -0.3 is 14.7 Å². The number of pyridine rings is 1. The van der Waals surface area contributed by atoms with Gasteiger partial charge in [0, 0.05) is 36.7 Å². The molecule has 0 aromatic carbocycles. The maximum absolute atomic E-state index is 9.35. The van der Waals surface area contributed by atoms with E-state index in [-0.39, 0.29) is 18.3 Å². The van der Waals surface area contributed by atoms with Crippen molar-refractivity contribution in [3.05, 3.63) is 24.0 Å². The van der Waals surface area contributed by atoms with Crippen LogP contribution in [0.5, 0.6) is 0 Å². The maximum atomic E-state index is 9.35. The molecule has 0 saturated carbocycles. The average molecular weight is 236 g/mol. The van der Waals surface area contributed by atoms with E-state index in [9.17, 15) is 5.11 Å². The van der Waals surface area contributed by atoms with Crippen LogP contribution in [0, 0.1) is 0 Å². The SMILES string of the molecule is CC1CN(c2ccncc2CO)CC(C)(C)O1. The summed E-state index contributed by atoms with van der Waals surface area (Å²) in [5.74, 6) is 0. The monoisotopic (exact) mass is 236 g/mol. The van der Waals surface area contributed by atoms with Crippen molar-refractivity contribution in [2.24, 2.45) is 0 Å². The van der Waals surface area contributed by atoms with Crippen molar-refractivity contribution in [2.75, 3.05) is 18.0 Å². The summed E-state index contributed by atoms with van der Waals surface area (Å²) >= 11 is 0. The van der Waals surface area contributed by atoms with Gasteiger partial charge >= 0.3 is 0 Å². The number of anilines is 1. The molecule has 2 heterocycles. The predicted molar refractivity (Wildman–Crippen MR) is 67.0 cm³/mol. The molecule has 1 unspecified atom stereocenters. The highest BCUT2D eigenvalue weighted by molar-refractivity contribution is 5.52. The number of ether oxygens (including phenoxy) is 1. The molecule has 94 valence electrons. The van der Waals surface area contributed by atoms with Crippen LogP contribution in [0.4, 0.5) is 5.69 Å². The fraction of sp³-hybridized carbons (Fsp3) is 0.615. The Bertz CT molecular complexity index is 393. The zero-order chi connectivity index (χ0) is 12.5. The number of aliphatic hydroxyl groups is 1. The summed E-state index contributed by atoms with van der Waals surface area (Å²) in [7, 11) is 0. The molecule has 2 rings (SSSR count). The Morgan fingerprint density at radius 3 is 3.00 bits per heavy atom. The predicted octanol–water partition coefficient (Wildman–Crippen LogP) is 1.58. The van der Waals surface area contributed by atoms with Gasteiger partial charge in [0.25, 0.3) is 0 Å². The van der Waals surface area contributed by atoms with Crippen molar-refractivity contribution in [1.29, 1.82) is 0 Å². The summed E-state index contributed by atoms with van der Waals surface area (Å²) in [6.45, 7) is 7.96. The van der Waals surface area contributed by atoms with Gasteiger partial charge in [-0.25, -0.2) is 0 Å². The van der Waals surface area contributed by atoms with E-state index >= 15 is 0 Å². The summed E-state index contributed by atoms with van der Waals surface area (Å²) in [5, 5.41) is 9.35. The molecule has 1 aliphatic rings. The van der Waals surface area contributed by atoms with E-state index < -0.39 is 0 Å². The summed E-state index contributed by atoms with van der Waals surface area (Å²) in [6, 6.07) is 1.96. The first-order chi connectivity index (χ1) is 8.02. The van der Waals surface area contributed by atoms with E-state index in [1.165, 1.54) is 0 Å². The molecule has 1 saturated heterocycles. The fourth-order valence-electron chi connectivity index (χ4n) is 2.49. The summed E-state index contributed by atoms with van der Waals surface area (Å²) in [5.41, 5.74) is 1.77. The topological polar surface area (TPSA) is 45.6 Å². The second kappa shape index (κ2) is 4.63. The lowest BCUT2D eigenvalue weighted by Crippen LogP contribution is -2.52. The molecule has 4 nitrogen and oxygen atoms in total. The minimum Gasteiger partial charge on any atom is -0.392 e. The molecule has 0 spiro atoms. The summed E-state index contributed by atoms with van der Waals surface area (Å²) < 4.78 is 5.88. The van der Waals surface area contributed by atoms with Crippen LogP contribution >= 0.6 is 0 Å². The number of aromatic nitrogens is 1. The third-order valence-corrected chi connectivity index (χ3v) is 2.96. The molecule has 17 heavy (non-hydrogen) atoms. The Balaban J connectivity index is 2.27. The van der Waals surface area contributed by atoms with E-state index in [4.69, 9.17) is 4.74 Å². The number of morpholine rings is 1. The molecule has 1 fully saturated rings. The Morgan fingerprint density at radius 2 is 2.35 bits per heavy atom. The van der Waals surface area contributed by atoms with Crippen molar-refractivity contribution in [1.82, 2.24) is 4.98 Å². The van der Waals surface area contributed by atoms with Gasteiger partial charge in [0.15, 0.2) is 0 Å². The first-order valence-corrected chi connectivity index (χ1v) is 5.98. The van der Waals surface area contributed by atoms with E-state index in [0.29, 0.717) is 0 Å². The molecular formula is C13H20N2O2. The second-order valence-corrected chi connectivity index (χ2v) is 5.23. The molecule has 1 atom stereocenters. The molecule has 1 N–H and O–H groups in total. The lowest BCUT2D eigenvalue weighted by molar-refractivity contribution is -0.0750. The van der Waals surface area contributed by atoms with Gasteiger partial charge in [-0.05, 0) is 26.8 Å². The summed E-state index contributed by atoms with van der Waals surface area (Å²) in [4.78, 5) is 6.31. The van der Waals surface area contributed by atoms with Crippen molar-refractivity contribution in [3.8, 4) is 0 Å². The van der Waals surface area contributed by atoms with Crippen LogP contribution in [0.2, 0.25) is 0 Å². The molecule has 0 bridgehead atoms. The largest absolute Gasteiger partial charge is 0.392 e. The first-order valence-electron chi connectivity index (χ1n) is 5.98. The molecule has 1 aromatic rings. The molecule has 1 aliphatic heterocycles. The van der Waals surface area contributed by atoms with Crippen LogP contribution in [-0.4, -0.2) is 34.9 Å². The van der Waals surface area contributed by atoms with E-state index in [1.54, 1.807) is 12.4 Å². The van der Waals surface area contributed by atoms with Gasteiger partial charge in [-0.1, -0.05) is 0 Å². The number of aliphatic hydroxyl groups excluding tert-OH is 1. The Kier molecular flexibility index (Phi) is 3.35. The minimum absolute atomic E-state index is 0.0232. The number of hydrogen-bond donors (Lipinski definition) is 1. The number of hydrogen-bond acceptors (Lipinski definition) is 4. The number of nitrogens with zero attached hydrogens (tertiary/aromatic N) is 2. The fourth-order valence-corrected chi connectivity index (χ4v) is 2.49. The Labute approximate surface area is 102 Å². The maximum Gasteiger partial charge on any atom is 0.0805 e. The van der Waals surface area contributed by atoms with Gasteiger partial charge in [0.2, 0.25) is 0 Å². The van der Waals surface area contributed by atoms with Gasteiger partial charge in [0.1, 0.15) is 0 Å². The summed E-state index contributed by atoms with van der Waals surface area (Å²) in [6.07, 6.45) is 3.68. The second-order valence-electron chi connectivity index (χ2n) is 5.23. The Hall–Kier alpha value is -1.13. The van der Waals surface area contributed by atoms with E-state index in [0.717, 1.165) is 24.3 Å². The lowest BCUT2D eigenvalue weighted by atomic mass is 10.0. The standard InChI is InChI=1S/C13H20N2O2/c1-10-7-15(9-13(2,3)17-10)12-4-5-14-6-11(12)8-16/h4-6,10,16H,7-9H2,1-3H3. The first kappa shape index (κ1) is 12.3. The van der Waals surface area contributed by atoms with Crippen LogP contribution in [0.15, 0.2) is 18.5 Å². The third-order valence-electron chi connectivity index (χ3n) is 2.96. The average Bonchev–Trinajstić information content (AvgIpc) is 2.26. The molecule has 0 amide bonds. The highest BCUT2D eigenvalue weighted by Crippen LogP contribution is 2.27. The van der Waals surface area contributed by atoms with Crippen molar-refractivity contribution >= 4 is 5.69 Å². The zero-order valence-electron chi connectivity index (χ0n) is 10.7. The van der Waals surface area contributed by atoms with Crippen LogP contribution < -0.4 is 4.90 Å². The van der Waals surface area contributed by atoms with Crippen LogP contribution in [0.3, 0.4) is 0 Å². The van der Waals surface area contributed by atoms with Crippen molar-refractivity contribution in [3.63, 3.8) is 0 Å². The van der Waals surface area contributed by atoms with Gasteiger partial charge in [-0.3, -0.25) is 4.98 Å². The highest BCUT2D eigenvalue weighted by atomic mass is 16.5. The highest BCUT2D eigenvalue weighted by Gasteiger charge is 2.32. The number of rotatable bonds is 2. The molecule has 0 radical (unpaired) electrons. The van der Waals surface area contributed by atoms with Crippen molar-refractivity contribution in [2.45, 2.75) is 39.1 Å². The molecule has 1 aromatic heterocycles. The lowest BCUT2D eigenvalue weighted by Gasteiger charge is -2.43. The smallest absolute Gasteiger partial charge is 0.0805 e. The quantitative estimate of drug-likeness (QED) is 0.846. The van der Waals surface area contributed by atoms with Gasteiger partial charge in [-0.15, -0.1) is 0 Å². The zero-order valence-corrected chi connectivity index (χ0v) is 10.7. The van der Waals surface area contributed by atoms with Crippen molar-refractivity contribution < 1.29 is 9.84 Å². The van der Waals surface area contributed by atoms with Crippen LogP contribution in [-0.2, 0) is 11.3 Å². The van der Waals surface area contributed by atoms with Gasteiger partial charge in [0.05, 0.1) is 18.3 Å².